The fourth-order valence-corrected chi connectivity index (χ4v) is 0.905. The monoisotopic (exact) mass is 213 g/mol. The van der Waals surface area contributed by atoms with E-state index in [-0.39, 0.29) is 5.75 Å². The van der Waals surface area contributed by atoms with E-state index in [1.165, 1.54) is 12.1 Å². The van der Waals surface area contributed by atoms with E-state index in [9.17, 15) is 4.79 Å². The van der Waals surface area contributed by atoms with Gasteiger partial charge in [0.15, 0.2) is 5.75 Å². The summed E-state index contributed by atoms with van der Waals surface area (Å²) in [7, 11) is 0. The second-order valence-corrected chi connectivity index (χ2v) is 2.84. The molecule has 3 nitrogen and oxygen atoms in total. The number of aromatic nitrogens is 1. The van der Waals surface area contributed by atoms with Crippen molar-refractivity contribution in [3.05, 3.63) is 65.1 Å². The molecule has 1 aromatic heterocycles. The largest absolute Gasteiger partial charge is 0.503 e. The van der Waals surface area contributed by atoms with Crippen LogP contribution in [0.4, 0.5) is 0 Å². The maximum absolute atomic E-state index is 11.0. The van der Waals surface area contributed by atoms with E-state index in [1.807, 2.05) is 0 Å². The van der Waals surface area contributed by atoms with Gasteiger partial charge >= 0.3 is 0 Å². The molecule has 1 aromatic rings. The highest BCUT2D eigenvalue weighted by Gasteiger charge is 1.94. The Kier molecular flexibility index (Phi) is 4.42. The van der Waals surface area contributed by atoms with Crippen LogP contribution in [0.15, 0.2) is 53.9 Å². The number of rotatable bonds is 2. The van der Waals surface area contributed by atoms with Crippen molar-refractivity contribution < 1.29 is 5.11 Å². The Morgan fingerprint density at radius 2 is 2.12 bits per heavy atom. The molecule has 0 spiro atoms. The number of pyridine rings is 1. The third kappa shape index (κ3) is 3.72. The van der Waals surface area contributed by atoms with Crippen molar-refractivity contribution >= 4 is 0 Å². The van der Waals surface area contributed by atoms with Crippen molar-refractivity contribution in [3.63, 3.8) is 0 Å². The van der Waals surface area contributed by atoms with E-state index in [4.69, 9.17) is 5.11 Å². The predicted octanol–water partition coefficient (Wildman–Crippen LogP) is 1.73. The molecule has 0 saturated carbocycles. The molecule has 16 heavy (non-hydrogen) atoms. The maximum atomic E-state index is 11.0. The van der Waals surface area contributed by atoms with Crippen molar-refractivity contribution in [2.75, 3.05) is 0 Å². The summed E-state index contributed by atoms with van der Waals surface area (Å²) in [5.74, 6) is 5.16. The molecule has 3 heteroatoms. The van der Waals surface area contributed by atoms with E-state index in [2.05, 4.69) is 23.4 Å². The van der Waals surface area contributed by atoms with Crippen molar-refractivity contribution in [1.29, 1.82) is 0 Å². The maximum Gasteiger partial charge on any atom is 0.290 e. The average Bonchev–Trinajstić information content (AvgIpc) is 2.28. The van der Waals surface area contributed by atoms with Crippen LogP contribution in [0, 0.1) is 11.8 Å². The smallest absolute Gasteiger partial charge is 0.290 e. The second kappa shape index (κ2) is 6.10. The van der Waals surface area contributed by atoms with Crippen LogP contribution < -0.4 is 5.56 Å². The molecule has 0 fully saturated rings. The molecule has 0 atom stereocenters. The van der Waals surface area contributed by atoms with Gasteiger partial charge < -0.3 is 10.1 Å². The van der Waals surface area contributed by atoms with Crippen LogP contribution in [0.2, 0.25) is 0 Å². The summed E-state index contributed by atoms with van der Waals surface area (Å²) in [5, 5.41) is 8.99. The number of hydrogen-bond donors (Lipinski definition) is 2. The van der Waals surface area contributed by atoms with Crippen molar-refractivity contribution in [1.82, 2.24) is 4.98 Å². The molecular weight excluding hydrogens is 202 g/mol. The third-order valence-corrected chi connectivity index (χ3v) is 1.63. The molecule has 0 bridgehead atoms. The number of hydrogen-bond acceptors (Lipinski definition) is 2. The number of aromatic amines is 1. The zero-order chi connectivity index (χ0) is 11.8. The van der Waals surface area contributed by atoms with E-state index >= 15 is 0 Å². The summed E-state index contributed by atoms with van der Waals surface area (Å²) < 4.78 is 0. The summed E-state index contributed by atoms with van der Waals surface area (Å²) in [6.45, 7) is 3.52. The molecule has 0 radical (unpaired) electrons. The van der Waals surface area contributed by atoms with Gasteiger partial charge in [0.25, 0.3) is 5.56 Å². The first-order valence-electron chi connectivity index (χ1n) is 4.62. The quantitative estimate of drug-likeness (QED) is 0.580. The topological polar surface area (TPSA) is 53.1 Å². The molecule has 0 amide bonds. The molecule has 1 rings (SSSR count). The van der Waals surface area contributed by atoms with Gasteiger partial charge in [-0.25, -0.2) is 0 Å². The van der Waals surface area contributed by atoms with E-state index in [0.717, 1.165) is 0 Å². The molecule has 2 N–H and O–H groups in total. The predicted molar refractivity (Wildman–Crippen MR) is 64.1 cm³/mol. The average molecular weight is 213 g/mol. The zero-order valence-electron chi connectivity index (χ0n) is 8.60. The molecule has 80 valence electrons. The van der Waals surface area contributed by atoms with E-state index < -0.39 is 5.56 Å². The van der Waals surface area contributed by atoms with E-state index in [1.54, 1.807) is 30.4 Å². The SMILES string of the molecule is C=C/C=C\C=C\C#Cc1ccc(O)c(=O)[nH]1. The summed E-state index contributed by atoms with van der Waals surface area (Å²) in [6, 6.07) is 2.85. The molecule has 0 saturated heterocycles. The summed E-state index contributed by atoms with van der Waals surface area (Å²) >= 11 is 0. The van der Waals surface area contributed by atoms with Crippen LogP contribution in [0.3, 0.4) is 0 Å². The molecule has 0 aliphatic rings. The minimum atomic E-state index is -0.540. The van der Waals surface area contributed by atoms with Gasteiger partial charge in [0.05, 0.1) is 5.69 Å². The van der Waals surface area contributed by atoms with Crippen LogP contribution in [0.5, 0.6) is 5.75 Å². The van der Waals surface area contributed by atoms with Gasteiger partial charge in [-0.1, -0.05) is 36.8 Å². The lowest BCUT2D eigenvalue weighted by Crippen LogP contribution is -2.05. The Hall–Kier alpha value is -2.47. The minimum Gasteiger partial charge on any atom is -0.503 e. The Bertz CT molecular complexity index is 539. The van der Waals surface area contributed by atoms with E-state index in [0.29, 0.717) is 5.69 Å². The standard InChI is InChI=1S/C13H11NO2/c1-2-3-4-5-6-7-8-11-9-10-12(15)13(16)14-11/h2-6,9-10,15H,1H2,(H,14,16)/b4-3-,6-5+. The second-order valence-electron chi connectivity index (χ2n) is 2.84. The summed E-state index contributed by atoms with van der Waals surface area (Å²) in [6.07, 6.45) is 8.63. The van der Waals surface area contributed by atoms with Gasteiger partial charge in [-0.05, 0) is 24.1 Å². The van der Waals surface area contributed by atoms with Gasteiger partial charge in [0, 0.05) is 0 Å². The first-order chi connectivity index (χ1) is 7.74. The van der Waals surface area contributed by atoms with Crippen molar-refractivity contribution in [2.45, 2.75) is 0 Å². The molecular formula is C13H11NO2. The fourth-order valence-electron chi connectivity index (χ4n) is 0.905. The summed E-state index contributed by atoms with van der Waals surface area (Å²) in [5.41, 5.74) is -0.0810. The Labute approximate surface area is 93.5 Å². The zero-order valence-corrected chi connectivity index (χ0v) is 8.60. The number of H-pyrrole nitrogens is 1. The van der Waals surface area contributed by atoms with Crippen LogP contribution >= 0.6 is 0 Å². The van der Waals surface area contributed by atoms with Crippen LogP contribution in [-0.2, 0) is 0 Å². The lowest BCUT2D eigenvalue weighted by atomic mass is 10.3. The van der Waals surface area contributed by atoms with Gasteiger partial charge in [-0.15, -0.1) is 0 Å². The lowest BCUT2D eigenvalue weighted by Gasteiger charge is -1.90. The van der Waals surface area contributed by atoms with Crippen LogP contribution in [0.25, 0.3) is 0 Å². The fraction of sp³-hybridized carbons (Fsp3) is 0. The lowest BCUT2D eigenvalue weighted by molar-refractivity contribution is 0.466. The first-order valence-corrected chi connectivity index (χ1v) is 4.62. The highest BCUT2D eigenvalue weighted by Crippen LogP contribution is 1.98. The Morgan fingerprint density at radius 3 is 2.81 bits per heavy atom. The van der Waals surface area contributed by atoms with Gasteiger partial charge in [-0.2, -0.15) is 0 Å². The molecule has 0 unspecified atom stereocenters. The number of aromatic hydroxyl groups is 1. The van der Waals surface area contributed by atoms with Gasteiger partial charge in [-0.3, -0.25) is 4.79 Å². The molecule has 0 aliphatic carbocycles. The third-order valence-electron chi connectivity index (χ3n) is 1.63. The van der Waals surface area contributed by atoms with Gasteiger partial charge in [0.2, 0.25) is 0 Å². The van der Waals surface area contributed by atoms with Crippen LogP contribution in [-0.4, -0.2) is 10.1 Å². The Balaban J connectivity index is 2.74. The Morgan fingerprint density at radius 1 is 1.31 bits per heavy atom. The minimum absolute atomic E-state index is 0.310. The van der Waals surface area contributed by atoms with Gasteiger partial charge in [0.1, 0.15) is 0 Å². The van der Waals surface area contributed by atoms with Crippen LogP contribution in [0.1, 0.15) is 5.69 Å². The molecule has 0 aromatic carbocycles. The normalized spacial score (nSPS) is 10.2. The van der Waals surface area contributed by atoms with Crippen molar-refractivity contribution in [3.8, 4) is 17.6 Å². The molecule has 1 heterocycles. The number of nitrogens with one attached hydrogen (secondary N) is 1. The first kappa shape index (κ1) is 11.6. The highest BCUT2D eigenvalue weighted by atomic mass is 16.3. The highest BCUT2D eigenvalue weighted by molar-refractivity contribution is 5.34. The van der Waals surface area contributed by atoms with Crippen molar-refractivity contribution in [2.24, 2.45) is 0 Å². The number of allylic oxidation sites excluding steroid dienone is 5. The summed E-state index contributed by atoms with van der Waals surface area (Å²) in [4.78, 5) is 13.4. The molecule has 0 aliphatic heterocycles.